The van der Waals surface area contributed by atoms with E-state index in [9.17, 15) is 4.79 Å². The lowest BCUT2D eigenvalue weighted by molar-refractivity contribution is -0.132. The Hall–Kier alpha value is -1.00. The Morgan fingerprint density at radius 1 is 1.24 bits per heavy atom. The zero-order chi connectivity index (χ0) is 14.8. The summed E-state index contributed by atoms with van der Waals surface area (Å²) in [5.41, 5.74) is 1.33. The van der Waals surface area contributed by atoms with Crippen LogP contribution < -0.4 is 0 Å². The molecule has 0 bridgehead atoms. The predicted molar refractivity (Wildman–Crippen MR) is 87.6 cm³/mol. The topological polar surface area (TPSA) is 23.6 Å². The molecule has 1 aromatic rings. The maximum absolute atomic E-state index is 12.7. The Morgan fingerprint density at radius 2 is 1.95 bits per heavy atom. The summed E-state index contributed by atoms with van der Waals surface area (Å²) in [6.07, 6.45) is 0.895. The number of fused-ring (bicyclic) bond motifs is 1. The normalized spacial score (nSPS) is 22.6. The van der Waals surface area contributed by atoms with Gasteiger partial charge < -0.3 is 4.90 Å². The molecule has 2 aliphatic heterocycles. The number of piperazine rings is 1. The van der Waals surface area contributed by atoms with Crippen molar-refractivity contribution >= 4 is 17.7 Å². The van der Waals surface area contributed by atoms with Gasteiger partial charge in [0.2, 0.25) is 5.91 Å². The Bertz CT molecular complexity index is 484. The van der Waals surface area contributed by atoms with Crippen LogP contribution in [0.5, 0.6) is 0 Å². The van der Waals surface area contributed by atoms with Gasteiger partial charge in [-0.15, -0.1) is 11.8 Å². The van der Waals surface area contributed by atoms with E-state index in [1.807, 2.05) is 0 Å². The molecule has 4 heteroatoms. The molecule has 0 saturated carbocycles. The average molecular weight is 304 g/mol. The van der Waals surface area contributed by atoms with E-state index >= 15 is 0 Å². The maximum Gasteiger partial charge on any atom is 0.236 e. The van der Waals surface area contributed by atoms with Gasteiger partial charge in [0.1, 0.15) is 0 Å². The third-order valence-electron chi connectivity index (χ3n) is 4.23. The summed E-state index contributed by atoms with van der Waals surface area (Å²) < 4.78 is 0. The third kappa shape index (κ3) is 3.43. The molecule has 1 fully saturated rings. The van der Waals surface area contributed by atoms with E-state index in [4.69, 9.17) is 0 Å². The van der Waals surface area contributed by atoms with Crippen LogP contribution in [0, 0.1) is 5.92 Å². The number of thioether (sulfide) groups is 1. The zero-order valence-corrected chi connectivity index (χ0v) is 13.7. The highest BCUT2D eigenvalue weighted by molar-refractivity contribution is 8.01. The van der Waals surface area contributed by atoms with E-state index < -0.39 is 0 Å². The van der Waals surface area contributed by atoms with Gasteiger partial charge in [-0.3, -0.25) is 9.69 Å². The molecular weight excluding hydrogens is 280 g/mol. The SMILES string of the molecule is CC(C)CN1CCN(C(=O)C2Cc3ccccc3S2)CC1. The van der Waals surface area contributed by atoms with Gasteiger partial charge in [0.25, 0.3) is 0 Å². The number of benzene rings is 1. The van der Waals surface area contributed by atoms with E-state index in [0.717, 1.165) is 39.1 Å². The molecule has 1 unspecified atom stereocenters. The molecule has 0 radical (unpaired) electrons. The van der Waals surface area contributed by atoms with Crippen LogP contribution >= 0.6 is 11.8 Å². The quantitative estimate of drug-likeness (QED) is 0.857. The summed E-state index contributed by atoms with van der Waals surface area (Å²) >= 11 is 1.74. The molecule has 0 spiro atoms. The van der Waals surface area contributed by atoms with Gasteiger partial charge in [0.15, 0.2) is 0 Å². The fraction of sp³-hybridized carbons (Fsp3) is 0.588. The van der Waals surface area contributed by atoms with Crippen molar-refractivity contribution in [2.45, 2.75) is 30.4 Å². The van der Waals surface area contributed by atoms with Crippen LogP contribution in [0.3, 0.4) is 0 Å². The van der Waals surface area contributed by atoms with Crippen molar-refractivity contribution in [3.63, 3.8) is 0 Å². The van der Waals surface area contributed by atoms with Crippen molar-refractivity contribution in [1.82, 2.24) is 9.80 Å². The van der Waals surface area contributed by atoms with E-state index in [1.165, 1.54) is 10.5 Å². The van der Waals surface area contributed by atoms with Gasteiger partial charge in [-0.1, -0.05) is 32.0 Å². The zero-order valence-electron chi connectivity index (χ0n) is 12.9. The molecule has 21 heavy (non-hydrogen) atoms. The number of hydrogen-bond donors (Lipinski definition) is 0. The van der Waals surface area contributed by atoms with E-state index in [-0.39, 0.29) is 5.25 Å². The molecule has 0 aromatic heterocycles. The molecule has 2 aliphatic rings. The molecule has 3 nitrogen and oxygen atoms in total. The minimum atomic E-state index is 0.0963. The lowest BCUT2D eigenvalue weighted by Crippen LogP contribution is -2.51. The second-order valence-corrected chi connectivity index (χ2v) is 7.68. The van der Waals surface area contributed by atoms with Gasteiger partial charge in [-0.2, -0.15) is 0 Å². The second kappa shape index (κ2) is 6.41. The highest BCUT2D eigenvalue weighted by Gasteiger charge is 2.32. The number of rotatable bonds is 3. The van der Waals surface area contributed by atoms with Crippen LogP contribution in [0.15, 0.2) is 29.2 Å². The molecule has 114 valence electrons. The van der Waals surface area contributed by atoms with Gasteiger partial charge in [-0.25, -0.2) is 0 Å². The lowest BCUT2D eigenvalue weighted by atomic mass is 10.1. The Morgan fingerprint density at radius 3 is 2.62 bits per heavy atom. The highest BCUT2D eigenvalue weighted by atomic mass is 32.2. The Balaban J connectivity index is 1.54. The Labute approximate surface area is 131 Å². The molecule has 1 saturated heterocycles. The minimum Gasteiger partial charge on any atom is -0.339 e. The number of carbonyl (C=O) groups excluding carboxylic acids is 1. The second-order valence-electron chi connectivity index (χ2n) is 6.44. The Kier molecular flexibility index (Phi) is 4.55. The van der Waals surface area contributed by atoms with Crippen molar-refractivity contribution in [1.29, 1.82) is 0 Å². The van der Waals surface area contributed by atoms with Gasteiger partial charge in [-0.05, 0) is 24.0 Å². The van der Waals surface area contributed by atoms with Crippen LogP contribution in [0.4, 0.5) is 0 Å². The first-order valence-electron chi connectivity index (χ1n) is 7.89. The summed E-state index contributed by atoms with van der Waals surface area (Å²) in [5, 5.41) is 0.0963. The van der Waals surface area contributed by atoms with Crippen LogP contribution in [0.1, 0.15) is 19.4 Å². The molecule has 1 aromatic carbocycles. The van der Waals surface area contributed by atoms with E-state index in [2.05, 4.69) is 47.9 Å². The lowest BCUT2D eigenvalue weighted by Gasteiger charge is -2.36. The monoisotopic (exact) mass is 304 g/mol. The predicted octanol–water partition coefficient (Wildman–Crippen LogP) is 2.50. The van der Waals surface area contributed by atoms with Crippen molar-refractivity contribution in [2.24, 2.45) is 5.92 Å². The summed E-state index contributed by atoms with van der Waals surface area (Å²) in [7, 11) is 0. The largest absolute Gasteiger partial charge is 0.339 e. The summed E-state index contributed by atoms with van der Waals surface area (Å²) in [5.74, 6) is 1.03. The van der Waals surface area contributed by atoms with Crippen LogP contribution in [0.25, 0.3) is 0 Å². The van der Waals surface area contributed by atoms with Crippen molar-refractivity contribution in [2.75, 3.05) is 32.7 Å². The van der Waals surface area contributed by atoms with Gasteiger partial charge in [0.05, 0.1) is 5.25 Å². The first-order chi connectivity index (χ1) is 10.1. The number of carbonyl (C=O) groups is 1. The number of amides is 1. The van der Waals surface area contributed by atoms with Crippen LogP contribution in [-0.2, 0) is 11.2 Å². The van der Waals surface area contributed by atoms with Crippen molar-refractivity contribution in [3.8, 4) is 0 Å². The van der Waals surface area contributed by atoms with Crippen LogP contribution in [0.2, 0.25) is 0 Å². The fourth-order valence-electron chi connectivity index (χ4n) is 3.19. The van der Waals surface area contributed by atoms with Gasteiger partial charge >= 0.3 is 0 Å². The minimum absolute atomic E-state index is 0.0963. The average Bonchev–Trinajstić information content (AvgIpc) is 2.90. The standard InChI is InChI=1S/C17H24N2OS/c1-13(2)12-18-7-9-19(10-8-18)17(20)16-11-14-5-3-4-6-15(14)21-16/h3-6,13,16H,7-12H2,1-2H3. The molecule has 0 N–H and O–H groups in total. The molecule has 2 heterocycles. The van der Waals surface area contributed by atoms with Crippen molar-refractivity contribution < 1.29 is 4.79 Å². The molecule has 1 atom stereocenters. The molecule has 3 rings (SSSR count). The maximum atomic E-state index is 12.7. The van der Waals surface area contributed by atoms with Gasteiger partial charge in [0, 0.05) is 37.6 Å². The highest BCUT2D eigenvalue weighted by Crippen LogP contribution is 2.37. The molecular formula is C17H24N2OS. The third-order valence-corrected chi connectivity index (χ3v) is 5.53. The summed E-state index contributed by atoms with van der Waals surface area (Å²) in [6, 6.07) is 8.41. The van der Waals surface area contributed by atoms with Crippen molar-refractivity contribution in [3.05, 3.63) is 29.8 Å². The van der Waals surface area contributed by atoms with Crippen LogP contribution in [-0.4, -0.2) is 53.7 Å². The first-order valence-corrected chi connectivity index (χ1v) is 8.77. The molecule has 0 aliphatic carbocycles. The van der Waals surface area contributed by atoms with E-state index in [1.54, 1.807) is 11.8 Å². The van der Waals surface area contributed by atoms with E-state index in [0.29, 0.717) is 11.8 Å². The summed E-state index contributed by atoms with van der Waals surface area (Å²) in [6.45, 7) is 9.47. The first kappa shape index (κ1) is 14.9. The number of nitrogens with zero attached hydrogens (tertiary/aromatic N) is 2. The fourth-order valence-corrected chi connectivity index (χ4v) is 4.47. The molecule has 1 amide bonds. The summed E-state index contributed by atoms with van der Waals surface area (Å²) in [4.78, 5) is 18.5. The smallest absolute Gasteiger partial charge is 0.236 e. The number of hydrogen-bond acceptors (Lipinski definition) is 3.